The summed E-state index contributed by atoms with van der Waals surface area (Å²) in [5, 5.41) is 2.84. The molecule has 0 radical (unpaired) electrons. The monoisotopic (exact) mass is 638 g/mol. The molecule has 1 N–H and O–H groups in total. The Balaban J connectivity index is 1.12. The van der Waals surface area contributed by atoms with Crippen molar-refractivity contribution < 1.29 is 19.1 Å². The Kier molecular flexibility index (Phi) is 6.70. The maximum absolute atomic E-state index is 14.2. The van der Waals surface area contributed by atoms with Crippen molar-refractivity contribution in [1.82, 2.24) is 4.90 Å². The van der Waals surface area contributed by atoms with Crippen molar-refractivity contribution >= 4 is 46.6 Å². The van der Waals surface area contributed by atoms with Gasteiger partial charge in [-0.25, -0.2) is 0 Å². The Hall–Kier alpha value is -4.13. The van der Waals surface area contributed by atoms with Gasteiger partial charge in [0.05, 0.1) is 11.8 Å². The van der Waals surface area contributed by atoms with Gasteiger partial charge in [0.25, 0.3) is 0 Å². The van der Waals surface area contributed by atoms with E-state index in [1.807, 2.05) is 72.8 Å². The molecule has 3 aliphatic carbocycles. The van der Waals surface area contributed by atoms with Crippen molar-refractivity contribution in [2.75, 3.05) is 5.32 Å². The molecule has 6 nitrogen and oxygen atoms in total. The van der Waals surface area contributed by atoms with Gasteiger partial charge in [-0.05, 0) is 76.6 Å². The minimum Gasteiger partial charge on any atom is -0.457 e. The average Bonchev–Trinajstić information content (AvgIpc) is 3.31. The summed E-state index contributed by atoms with van der Waals surface area (Å²) in [5.74, 6) is -2.12. The molecular weight excluding hydrogens is 607 g/mol. The van der Waals surface area contributed by atoms with Gasteiger partial charge in [-0.2, -0.15) is 0 Å². The highest BCUT2D eigenvalue weighted by Crippen LogP contribution is 2.69. The van der Waals surface area contributed by atoms with Crippen LogP contribution in [0.1, 0.15) is 55.5 Å². The predicted molar refractivity (Wildman–Crippen MR) is 175 cm³/mol. The zero-order valence-electron chi connectivity index (χ0n) is 25.3. The van der Waals surface area contributed by atoms with Crippen LogP contribution in [0.5, 0.6) is 11.5 Å². The van der Waals surface area contributed by atoms with Gasteiger partial charge in [-0.1, -0.05) is 81.4 Å². The number of amides is 3. The van der Waals surface area contributed by atoms with Crippen LogP contribution in [0.4, 0.5) is 5.69 Å². The third kappa shape index (κ3) is 4.26. The van der Waals surface area contributed by atoms with Crippen molar-refractivity contribution in [3.8, 4) is 11.5 Å². The highest BCUT2D eigenvalue weighted by molar-refractivity contribution is 6.36. The van der Waals surface area contributed by atoms with E-state index in [-0.39, 0.29) is 5.41 Å². The summed E-state index contributed by atoms with van der Waals surface area (Å²) in [5.41, 5.74) is 4.62. The number of alkyl halides is 2. The van der Waals surface area contributed by atoms with Gasteiger partial charge in [-0.15, -0.1) is 23.2 Å². The van der Waals surface area contributed by atoms with Crippen LogP contribution in [0.3, 0.4) is 0 Å². The fraction of sp³-hybridized carbons (Fsp3) is 0.270. The van der Waals surface area contributed by atoms with E-state index in [0.29, 0.717) is 39.4 Å². The molecule has 3 atom stereocenters. The second kappa shape index (κ2) is 10.2. The Labute approximate surface area is 272 Å². The minimum atomic E-state index is -1.30. The molecular formula is C37H32Cl2N2O4. The summed E-state index contributed by atoms with van der Waals surface area (Å²) in [6, 6.07) is 28.7. The number of likely N-dealkylation sites (tertiary alicyclic amines) is 1. The highest BCUT2D eigenvalue weighted by Gasteiger charge is 2.73. The van der Waals surface area contributed by atoms with Gasteiger partial charge in [0.1, 0.15) is 27.3 Å². The minimum absolute atomic E-state index is 0.0458. The Morgan fingerprint density at radius 3 is 1.53 bits per heavy atom. The zero-order chi connectivity index (χ0) is 31.9. The molecule has 45 heavy (non-hydrogen) atoms. The van der Waals surface area contributed by atoms with Gasteiger partial charge in [-0.3, -0.25) is 19.3 Å². The lowest BCUT2D eigenvalue weighted by atomic mass is 9.54. The number of anilines is 1. The Bertz CT molecular complexity index is 1740. The summed E-state index contributed by atoms with van der Waals surface area (Å²) >= 11 is 15.0. The molecule has 228 valence electrons. The van der Waals surface area contributed by atoms with E-state index >= 15 is 0 Å². The number of ether oxygens (including phenoxy) is 1. The van der Waals surface area contributed by atoms with Crippen LogP contribution in [-0.4, -0.2) is 28.7 Å². The molecule has 1 aliphatic heterocycles. The van der Waals surface area contributed by atoms with E-state index < -0.39 is 45.3 Å². The van der Waals surface area contributed by atoms with E-state index in [1.54, 1.807) is 31.2 Å². The quantitative estimate of drug-likeness (QED) is 0.180. The number of carbonyl (C=O) groups excluding carboxylic acids is 3. The maximum atomic E-state index is 14.2. The van der Waals surface area contributed by atoms with E-state index in [9.17, 15) is 14.4 Å². The lowest BCUT2D eigenvalue weighted by Crippen LogP contribution is -2.57. The summed E-state index contributed by atoms with van der Waals surface area (Å²) in [6.45, 7) is 8.02. The van der Waals surface area contributed by atoms with Crippen molar-refractivity contribution in [3.05, 3.63) is 125 Å². The second-order valence-electron chi connectivity index (χ2n) is 13.1. The van der Waals surface area contributed by atoms with E-state index in [1.165, 1.54) is 5.56 Å². The second-order valence-corrected chi connectivity index (χ2v) is 14.3. The van der Waals surface area contributed by atoms with Crippen molar-refractivity contribution in [3.63, 3.8) is 0 Å². The van der Waals surface area contributed by atoms with Gasteiger partial charge in [0, 0.05) is 5.69 Å². The fourth-order valence-electron chi connectivity index (χ4n) is 7.20. The van der Waals surface area contributed by atoms with Crippen molar-refractivity contribution in [2.45, 2.75) is 48.9 Å². The Morgan fingerprint density at radius 1 is 0.733 bits per heavy atom. The number of hydrogen-bond acceptors (Lipinski definition) is 4. The molecule has 4 aliphatic rings. The number of carbonyl (C=O) groups is 3. The topological polar surface area (TPSA) is 75.7 Å². The molecule has 8 heteroatoms. The summed E-state index contributed by atoms with van der Waals surface area (Å²) in [4.78, 5) is 40.3. The van der Waals surface area contributed by atoms with Gasteiger partial charge in [0.15, 0.2) is 0 Å². The SMILES string of the molecule is C[C@H](C(=O)Nc1ccc(Oc2ccc(C(C)(C)C)cc2)cc1)N1C(=O)[C@@H]2[C@@H](C1=O)C1(Cl)c3ccccc3C2(Cl)c2ccccc21. The molecule has 1 saturated heterocycles. The first-order valence-corrected chi connectivity index (χ1v) is 15.8. The normalized spacial score (nSPS) is 25.3. The number of nitrogens with zero attached hydrogens (tertiary/aromatic N) is 1. The lowest BCUT2D eigenvalue weighted by Gasteiger charge is -2.54. The van der Waals surface area contributed by atoms with Crippen LogP contribution in [0, 0.1) is 11.8 Å². The first-order valence-electron chi connectivity index (χ1n) is 15.0. The smallest absolute Gasteiger partial charge is 0.247 e. The molecule has 2 bridgehead atoms. The average molecular weight is 640 g/mol. The van der Waals surface area contributed by atoms with Crippen LogP contribution in [0.15, 0.2) is 97.1 Å². The molecule has 0 saturated carbocycles. The fourth-order valence-corrected chi connectivity index (χ4v) is 8.30. The molecule has 3 amide bonds. The highest BCUT2D eigenvalue weighted by atomic mass is 35.5. The third-order valence-corrected chi connectivity index (χ3v) is 10.7. The lowest BCUT2D eigenvalue weighted by molar-refractivity contribution is -0.146. The third-order valence-electron chi connectivity index (χ3n) is 9.46. The number of rotatable bonds is 5. The van der Waals surface area contributed by atoms with Crippen LogP contribution in [0.2, 0.25) is 0 Å². The van der Waals surface area contributed by atoms with E-state index in [4.69, 9.17) is 27.9 Å². The van der Waals surface area contributed by atoms with Gasteiger partial charge >= 0.3 is 0 Å². The maximum Gasteiger partial charge on any atom is 0.247 e. The first kappa shape index (κ1) is 29.6. The van der Waals surface area contributed by atoms with Crippen LogP contribution >= 0.6 is 23.2 Å². The first-order chi connectivity index (χ1) is 21.4. The number of halogens is 2. The summed E-state index contributed by atoms with van der Waals surface area (Å²) in [6.07, 6.45) is 0. The Morgan fingerprint density at radius 2 is 1.13 bits per heavy atom. The molecule has 4 aromatic rings. The standard InChI is InChI=1S/C37H32Cl2N2O4/c1-21(32(42)40-23-15-19-25(20-16-23)45-24-17-13-22(14-18-24)35(2,3)4)41-33(43)30-31(34(41)44)37(39)27-10-6-5-9-26(27)36(30,38)28-11-7-8-12-29(28)37/h5-21,30-31H,1-4H3,(H,40,42)/t21-,30+,31+,36?,37?/m1/s1. The zero-order valence-corrected chi connectivity index (χ0v) is 26.8. The number of nitrogens with one attached hydrogen (secondary N) is 1. The molecule has 8 rings (SSSR count). The summed E-state index contributed by atoms with van der Waals surface area (Å²) in [7, 11) is 0. The van der Waals surface area contributed by atoms with Crippen molar-refractivity contribution in [2.24, 2.45) is 11.8 Å². The van der Waals surface area contributed by atoms with E-state index in [2.05, 4.69) is 26.1 Å². The number of benzene rings is 4. The number of imide groups is 1. The van der Waals surface area contributed by atoms with Gasteiger partial charge < -0.3 is 10.1 Å². The van der Waals surface area contributed by atoms with Crippen LogP contribution in [0.25, 0.3) is 0 Å². The number of hydrogen-bond donors (Lipinski definition) is 1. The van der Waals surface area contributed by atoms with Gasteiger partial charge in [0.2, 0.25) is 17.7 Å². The molecule has 1 heterocycles. The van der Waals surface area contributed by atoms with Crippen LogP contribution in [-0.2, 0) is 29.5 Å². The van der Waals surface area contributed by atoms with Crippen LogP contribution < -0.4 is 10.1 Å². The van der Waals surface area contributed by atoms with Crippen molar-refractivity contribution in [1.29, 1.82) is 0 Å². The molecule has 0 spiro atoms. The predicted octanol–water partition coefficient (Wildman–Crippen LogP) is 7.70. The summed E-state index contributed by atoms with van der Waals surface area (Å²) < 4.78 is 5.98. The molecule has 0 aromatic heterocycles. The van der Waals surface area contributed by atoms with E-state index in [0.717, 1.165) is 4.90 Å². The molecule has 1 fully saturated rings. The molecule has 0 unspecified atom stereocenters. The molecule has 4 aromatic carbocycles. The largest absolute Gasteiger partial charge is 0.457 e.